The Balaban J connectivity index is 2.11. The molecule has 1 N–H and O–H groups in total. The molecule has 156 valence electrons. The van der Waals surface area contributed by atoms with Crippen molar-refractivity contribution in [3.05, 3.63) is 53.0 Å². The Hall–Kier alpha value is -3.16. The number of hydrogen-bond donors (Lipinski definition) is 1. The quantitative estimate of drug-likeness (QED) is 0.705. The molecule has 2 aromatic rings. The molecule has 7 nitrogen and oxygen atoms in total. The van der Waals surface area contributed by atoms with Crippen LogP contribution in [0.5, 0.6) is 5.75 Å². The molecule has 0 aliphatic heterocycles. The van der Waals surface area contributed by atoms with Crippen LogP contribution < -0.4 is 10.1 Å². The van der Waals surface area contributed by atoms with E-state index in [4.69, 9.17) is 14.2 Å². The van der Waals surface area contributed by atoms with Gasteiger partial charge in [0, 0.05) is 18.8 Å². The topological polar surface area (TPSA) is 86.8 Å². The molecule has 0 unspecified atom stereocenters. The van der Waals surface area contributed by atoms with Crippen LogP contribution in [0.25, 0.3) is 0 Å². The van der Waals surface area contributed by atoms with Gasteiger partial charge in [-0.25, -0.2) is 19.0 Å². The normalized spacial score (nSPS) is 11.0. The molecule has 1 heterocycles. The Morgan fingerprint density at radius 1 is 1.17 bits per heavy atom. The van der Waals surface area contributed by atoms with Crippen LogP contribution in [0.1, 0.15) is 42.3 Å². The highest BCUT2D eigenvalue weighted by atomic mass is 19.1. The Labute approximate surface area is 169 Å². The number of rotatable bonds is 7. The monoisotopic (exact) mass is 404 g/mol. The lowest BCUT2D eigenvalue weighted by atomic mass is 10.0. The number of anilines is 1. The second-order valence-electron chi connectivity index (χ2n) is 7.30. The fourth-order valence-electron chi connectivity index (χ4n) is 2.44. The van der Waals surface area contributed by atoms with Crippen LogP contribution in [0, 0.1) is 12.7 Å². The number of carbonyl (C=O) groups is 2. The van der Waals surface area contributed by atoms with E-state index >= 15 is 0 Å². The number of halogens is 1. The summed E-state index contributed by atoms with van der Waals surface area (Å²) < 4.78 is 28.9. The molecule has 2 rings (SSSR count). The molecule has 0 saturated carbocycles. The van der Waals surface area contributed by atoms with Crippen molar-refractivity contribution in [3.8, 4) is 5.75 Å². The summed E-state index contributed by atoms with van der Waals surface area (Å²) in [7, 11) is 1.64. The van der Waals surface area contributed by atoms with E-state index in [0.29, 0.717) is 22.7 Å². The number of benzene rings is 1. The number of nitrogens with zero attached hydrogens (tertiary/aromatic N) is 1. The molecule has 0 radical (unpaired) electrons. The van der Waals surface area contributed by atoms with Crippen LogP contribution in [-0.4, -0.2) is 36.2 Å². The smallest absolute Gasteiger partial charge is 0.344 e. The number of ether oxygens (including phenoxy) is 3. The van der Waals surface area contributed by atoms with Crippen molar-refractivity contribution in [2.75, 3.05) is 19.0 Å². The van der Waals surface area contributed by atoms with Crippen molar-refractivity contribution >= 4 is 17.8 Å². The molecule has 1 aromatic heterocycles. The Morgan fingerprint density at radius 2 is 1.83 bits per heavy atom. The van der Waals surface area contributed by atoms with Gasteiger partial charge in [-0.05, 0) is 57.5 Å². The van der Waals surface area contributed by atoms with Gasteiger partial charge in [0.05, 0.1) is 0 Å². The van der Waals surface area contributed by atoms with E-state index < -0.39 is 23.4 Å². The zero-order chi connectivity index (χ0) is 21.6. The van der Waals surface area contributed by atoms with E-state index in [-0.39, 0.29) is 18.8 Å². The zero-order valence-corrected chi connectivity index (χ0v) is 17.2. The first-order valence-electron chi connectivity index (χ1n) is 9.04. The zero-order valence-electron chi connectivity index (χ0n) is 17.2. The number of carbonyl (C=O) groups excluding carboxylic acids is 2. The summed E-state index contributed by atoms with van der Waals surface area (Å²) in [5.74, 6) is -0.921. The van der Waals surface area contributed by atoms with Gasteiger partial charge in [-0.1, -0.05) is 0 Å². The second-order valence-corrected chi connectivity index (χ2v) is 7.30. The SMILES string of the molecule is CNc1ncc(C)c(COC(=O)COc2ccc(F)cc2)c1C(=O)OC(C)(C)C. The van der Waals surface area contributed by atoms with Crippen molar-refractivity contribution in [3.63, 3.8) is 0 Å². The number of nitrogens with one attached hydrogen (secondary N) is 1. The third kappa shape index (κ3) is 6.44. The third-order valence-electron chi connectivity index (χ3n) is 3.79. The van der Waals surface area contributed by atoms with Crippen LogP contribution >= 0.6 is 0 Å². The summed E-state index contributed by atoms with van der Waals surface area (Å²) in [6.07, 6.45) is 1.58. The highest BCUT2D eigenvalue weighted by Crippen LogP contribution is 2.25. The van der Waals surface area contributed by atoms with E-state index in [1.54, 1.807) is 40.9 Å². The van der Waals surface area contributed by atoms with Crippen molar-refractivity contribution in [1.82, 2.24) is 4.98 Å². The van der Waals surface area contributed by atoms with Crippen molar-refractivity contribution < 1.29 is 28.2 Å². The van der Waals surface area contributed by atoms with Crippen molar-refractivity contribution in [1.29, 1.82) is 0 Å². The maximum Gasteiger partial charge on any atom is 0.344 e. The van der Waals surface area contributed by atoms with E-state index in [0.717, 1.165) is 0 Å². The largest absolute Gasteiger partial charge is 0.482 e. The molecular weight excluding hydrogens is 379 g/mol. The van der Waals surface area contributed by atoms with E-state index in [2.05, 4.69) is 10.3 Å². The van der Waals surface area contributed by atoms with Gasteiger partial charge in [0.15, 0.2) is 6.61 Å². The standard InChI is InChI=1S/C21H25FN2O5/c1-13-10-24-19(23-5)18(20(26)29-21(2,3)4)16(13)11-28-17(25)12-27-15-8-6-14(22)7-9-15/h6-10H,11-12H2,1-5H3,(H,23,24). The van der Waals surface area contributed by atoms with Crippen LogP contribution in [-0.2, 0) is 20.9 Å². The molecule has 1 aromatic carbocycles. The first-order valence-corrected chi connectivity index (χ1v) is 9.04. The highest BCUT2D eigenvalue weighted by molar-refractivity contribution is 5.97. The molecular formula is C21H25FN2O5. The van der Waals surface area contributed by atoms with E-state index in [1.165, 1.54) is 24.3 Å². The summed E-state index contributed by atoms with van der Waals surface area (Å²) in [5.41, 5.74) is 0.698. The Morgan fingerprint density at radius 3 is 2.41 bits per heavy atom. The van der Waals surface area contributed by atoms with Gasteiger partial charge in [0.2, 0.25) is 0 Å². The molecule has 0 aliphatic rings. The summed E-state index contributed by atoms with van der Waals surface area (Å²) in [4.78, 5) is 29.0. The van der Waals surface area contributed by atoms with E-state index in [1.807, 2.05) is 0 Å². The van der Waals surface area contributed by atoms with Gasteiger partial charge in [0.1, 0.15) is 35.2 Å². The van der Waals surface area contributed by atoms with Crippen LogP contribution in [0.15, 0.2) is 30.5 Å². The lowest BCUT2D eigenvalue weighted by Crippen LogP contribution is -2.26. The van der Waals surface area contributed by atoms with Gasteiger partial charge >= 0.3 is 11.9 Å². The minimum atomic E-state index is -0.692. The number of hydrogen-bond acceptors (Lipinski definition) is 7. The summed E-state index contributed by atoms with van der Waals surface area (Å²) >= 11 is 0. The molecule has 0 bridgehead atoms. The highest BCUT2D eigenvalue weighted by Gasteiger charge is 2.25. The summed E-state index contributed by atoms with van der Waals surface area (Å²) in [6, 6.07) is 5.28. The Kier molecular flexibility index (Phi) is 7.14. The van der Waals surface area contributed by atoms with Gasteiger partial charge in [0.25, 0.3) is 0 Å². The first-order chi connectivity index (χ1) is 13.6. The second kappa shape index (κ2) is 9.36. The molecule has 0 spiro atoms. The van der Waals surface area contributed by atoms with E-state index in [9.17, 15) is 14.0 Å². The average Bonchev–Trinajstić information content (AvgIpc) is 2.64. The molecule has 0 amide bonds. The number of aryl methyl sites for hydroxylation is 1. The first kappa shape index (κ1) is 22.1. The average molecular weight is 404 g/mol. The van der Waals surface area contributed by atoms with Gasteiger partial charge in [-0.15, -0.1) is 0 Å². The molecule has 0 saturated heterocycles. The summed E-state index contributed by atoms with van der Waals surface area (Å²) in [5, 5.41) is 2.86. The minimum Gasteiger partial charge on any atom is -0.482 e. The maximum atomic E-state index is 12.9. The fourth-order valence-corrected chi connectivity index (χ4v) is 2.44. The van der Waals surface area contributed by atoms with Crippen molar-refractivity contribution in [2.45, 2.75) is 39.9 Å². The predicted molar refractivity (Wildman–Crippen MR) is 105 cm³/mol. The van der Waals surface area contributed by atoms with Gasteiger partial charge in [-0.3, -0.25) is 0 Å². The fraction of sp³-hybridized carbons (Fsp3) is 0.381. The van der Waals surface area contributed by atoms with Gasteiger partial charge < -0.3 is 19.5 Å². The number of aromatic nitrogens is 1. The van der Waals surface area contributed by atoms with Crippen molar-refractivity contribution in [2.24, 2.45) is 0 Å². The number of pyridine rings is 1. The Bertz CT molecular complexity index is 876. The number of esters is 2. The van der Waals surface area contributed by atoms with Gasteiger partial charge in [-0.2, -0.15) is 0 Å². The molecule has 8 heteroatoms. The molecule has 29 heavy (non-hydrogen) atoms. The minimum absolute atomic E-state index is 0.150. The van der Waals surface area contributed by atoms with Crippen LogP contribution in [0.2, 0.25) is 0 Å². The molecule has 0 atom stereocenters. The molecule has 0 aliphatic carbocycles. The predicted octanol–water partition coefficient (Wildman–Crippen LogP) is 3.65. The lowest BCUT2D eigenvalue weighted by molar-refractivity contribution is -0.147. The van der Waals surface area contributed by atoms with Crippen LogP contribution in [0.3, 0.4) is 0 Å². The molecule has 0 fully saturated rings. The lowest BCUT2D eigenvalue weighted by Gasteiger charge is -2.22. The maximum absolute atomic E-state index is 12.9. The summed E-state index contributed by atoms with van der Waals surface area (Å²) in [6.45, 7) is 6.55. The third-order valence-corrected chi connectivity index (χ3v) is 3.79. The van der Waals surface area contributed by atoms with Crippen LogP contribution in [0.4, 0.5) is 10.2 Å².